The van der Waals surface area contributed by atoms with Gasteiger partial charge in [-0.3, -0.25) is 0 Å². The Balaban J connectivity index is 2.59. The number of aliphatic hydroxyl groups excluding tert-OH is 2. The lowest BCUT2D eigenvalue weighted by Crippen LogP contribution is -2.50. The lowest BCUT2D eigenvalue weighted by atomic mass is 9.90. The summed E-state index contributed by atoms with van der Waals surface area (Å²) < 4.78 is 14.7. The van der Waals surface area contributed by atoms with Crippen LogP contribution in [0.15, 0.2) is 0 Å². The smallest absolute Gasteiger partial charge is 0.166 e. The minimum atomic E-state index is -1.05. The number of ether oxygens (including phenoxy) is 3. The van der Waals surface area contributed by atoms with E-state index in [2.05, 4.69) is 0 Å². The minimum Gasteiger partial charge on any atom is -0.395 e. The van der Waals surface area contributed by atoms with Crippen molar-refractivity contribution in [2.24, 2.45) is 5.41 Å². The Morgan fingerprint density at radius 2 is 2.08 bits per heavy atom. The molecule has 1 aliphatic heterocycles. The molecule has 0 aromatic rings. The third-order valence-corrected chi connectivity index (χ3v) is 2.01. The SMILES string of the molecule is COC(O)C1(CO)COCOC1. The van der Waals surface area contributed by atoms with Crippen LogP contribution in [-0.2, 0) is 14.2 Å². The molecule has 12 heavy (non-hydrogen) atoms. The Labute approximate surface area is 70.9 Å². The number of methoxy groups -OCH3 is 1. The van der Waals surface area contributed by atoms with Gasteiger partial charge in [0.15, 0.2) is 6.29 Å². The molecule has 1 aliphatic rings. The highest BCUT2D eigenvalue weighted by Gasteiger charge is 2.41. The molecule has 1 rings (SSSR count). The number of hydrogen-bond acceptors (Lipinski definition) is 5. The van der Waals surface area contributed by atoms with Gasteiger partial charge in [0.25, 0.3) is 0 Å². The van der Waals surface area contributed by atoms with Gasteiger partial charge in [-0.25, -0.2) is 0 Å². The van der Waals surface area contributed by atoms with Crippen molar-refractivity contribution in [3.8, 4) is 0 Å². The largest absolute Gasteiger partial charge is 0.395 e. The first-order chi connectivity index (χ1) is 5.75. The zero-order valence-electron chi connectivity index (χ0n) is 7.02. The molecule has 1 atom stereocenters. The van der Waals surface area contributed by atoms with Crippen LogP contribution in [0.5, 0.6) is 0 Å². The highest BCUT2D eigenvalue weighted by atomic mass is 16.7. The Morgan fingerprint density at radius 1 is 1.50 bits per heavy atom. The van der Waals surface area contributed by atoms with Crippen molar-refractivity contribution in [2.75, 3.05) is 33.7 Å². The van der Waals surface area contributed by atoms with Gasteiger partial charge in [0.2, 0.25) is 0 Å². The molecule has 72 valence electrons. The van der Waals surface area contributed by atoms with E-state index in [0.717, 1.165) is 0 Å². The number of hydrogen-bond donors (Lipinski definition) is 2. The van der Waals surface area contributed by atoms with Gasteiger partial charge in [0, 0.05) is 7.11 Å². The average Bonchev–Trinajstić information content (AvgIpc) is 2.17. The van der Waals surface area contributed by atoms with Crippen LogP contribution in [0, 0.1) is 5.41 Å². The molecule has 0 bridgehead atoms. The van der Waals surface area contributed by atoms with Crippen LogP contribution < -0.4 is 0 Å². The van der Waals surface area contributed by atoms with E-state index in [1.165, 1.54) is 7.11 Å². The molecule has 0 spiro atoms. The summed E-state index contributed by atoms with van der Waals surface area (Å²) in [6.45, 7) is 0.483. The zero-order chi connectivity index (χ0) is 9.03. The Morgan fingerprint density at radius 3 is 2.50 bits per heavy atom. The first-order valence-corrected chi connectivity index (χ1v) is 3.72. The van der Waals surface area contributed by atoms with Gasteiger partial charge in [0.1, 0.15) is 6.79 Å². The topological polar surface area (TPSA) is 68.2 Å². The maximum Gasteiger partial charge on any atom is 0.166 e. The zero-order valence-corrected chi connectivity index (χ0v) is 7.02. The summed E-state index contributed by atoms with van der Waals surface area (Å²) in [5, 5.41) is 18.4. The highest BCUT2D eigenvalue weighted by Crippen LogP contribution is 2.26. The third kappa shape index (κ3) is 1.75. The second-order valence-electron chi connectivity index (χ2n) is 2.92. The number of aliphatic hydroxyl groups is 2. The van der Waals surface area contributed by atoms with Crippen molar-refractivity contribution in [3.05, 3.63) is 0 Å². The normalized spacial score (nSPS) is 25.2. The van der Waals surface area contributed by atoms with E-state index in [1.54, 1.807) is 0 Å². The van der Waals surface area contributed by atoms with Crippen LogP contribution in [-0.4, -0.2) is 50.2 Å². The van der Waals surface area contributed by atoms with Crippen LogP contribution in [0.1, 0.15) is 0 Å². The van der Waals surface area contributed by atoms with E-state index in [9.17, 15) is 5.11 Å². The molecule has 5 heteroatoms. The molecule has 0 radical (unpaired) electrons. The Hall–Kier alpha value is -0.200. The van der Waals surface area contributed by atoms with Crippen molar-refractivity contribution in [1.82, 2.24) is 0 Å². The van der Waals surface area contributed by atoms with Crippen molar-refractivity contribution < 1.29 is 24.4 Å². The fraction of sp³-hybridized carbons (Fsp3) is 1.00. The van der Waals surface area contributed by atoms with E-state index in [-0.39, 0.29) is 26.6 Å². The Kier molecular flexibility index (Phi) is 3.42. The molecule has 0 aromatic carbocycles. The van der Waals surface area contributed by atoms with E-state index in [0.29, 0.717) is 0 Å². The lowest BCUT2D eigenvalue weighted by molar-refractivity contribution is -0.259. The lowest BCUT2D eigenvalue weighted by Gasteiger charge is -2.37. The summed E-state index contributed by atoms with van der Waals surface area (Å²) >= 11 is 0. The molecular formula is C7H14O5. The molecule has 2 N–H and O–H groups in total. The van der Waals surface area contributed by atoms with Gasteiger partial charge in [-0.1, -0.05) is 0 Å². The van der Waals surface area contributed by atoms with E-state index in [1.807, 2.05) is 0 Å². The molecule has 1 unspecified atom stereocenters. The summed E-state index contributed by atoms with van der Waals surface area (Å²) in [6.07, 6.45) is -1.05. The highest BCUT2D eigenvalue weighted by molar-refractivity contribution is 4.82. The van der Waals surface area contributed by atoms with Crippen LogP contribution in [0.2, 0.25) is 0 Å². The fourth-order valence-corrected chi connectivity index (χ4v) is 1.15. The second-order valence-corrected chi connectivity index (χ2v) is 2.92. The summed E-state index contributed by atoms with van der Waals surface area (Å²) in [4.78, 5) is 0. The molecule has 1 saturated heterocycles. The maximum atomic E-state index is 9.39. The summed E-state index contributed by atoms with van der Waals surface area (Å²) in [6, 6.07) is 0. The molecular weight excluding hydrogens is 164 g/mol. The summed E-state index contributed by atoms with van der Waals surface area (Å²) in [7, 11) is 1.37. The van der Waals surface area contributed by atoms with Gasteiger partial charge in [-0.2, -0.15) is 0 Å². The molecule has 1 fully saturated rings. The molecule has 0 aliphatic carbocycles. The number of rotatable bonds is 3. The molecule has 5 nitrogen and oxygen atoms in total. The fourth-order valence-electron chi connectivity index (χ4n) is 1.15. The van der Waals surface area contributed by atoms with Gasteiger partial charge in [-0.05, 0) is 0 Å². The summed E-state index contributed by atoms with van der Waals surface area (Å²) in [5.74, 6) is 0. The van der Waals surface area contributed by atoms with Crippen molar-refractivity contribution in [3.63, 3.8) is 0 Å². The van der Waals surface area contributed by atoms with Gasteiger partial charge >= 0.3 is 0 Å². The van der Waals surface area contributed by atoms with Crippen LogP contribution in [0.25, 0.3) is 0 Å². The van der Waals surface area contributed by atoms with E-state index < -0.39 is 11.7 Å². The van der Waals surface area contributed by atoms with Crippen molar-refractivity contribution in [1.29, 1.82) is 0 Å². The predicted octanol–water partition coefficient (Wildman–Crippen LogP) is -1.07. The van der Waals surface area contributed by atoms with Gasteiger partial charge in [-0.15, -0.1) is 0 Å². The standard InChI is InChI=1S/C7H14O5/c1-10-6(9)7(2-8)3-11-5-12-4-7/h6,8-9H,2-5H2,1H3. The van der Waals surface area contributed by atoms with Gasteiger partial charge < -0.3 is 24.4 Å². The van der Waals surface area contributed by atoms with Crippen LogP contribution in [0.3, 0.4) is 0 Å². The van der Waals surface area contributed by atoms with E-state index >= 15 is 0 Å². The third-order valence-electron chi connectivity index (χ3n) is 2.01. The van der Waals surface area contributed by atoms with Crippen molar-refractivity contribution >= 4 is 0 Å². The summed E-state index contributed by atoms with van der Waals surface area (Å²) in [5.41, 5.74) is -0.826. The maximum absolute atomic E-state index is 9.39. The average molecular weight is 178 g/mol. The first-order valence-electron chi connectivity index (χ1n) is 3.72. The Bertz CT molecular complexity index is 132. The predicted molar refractivity (Wildman–Crippen MR) is 39.3 cm³/mol. The molecule has 0 amide bonds. The van der Waals surface area contributed by atoms with Crippen LogP contribution >= 0.6 is 0 Å². The molecule has 0 saturated carbocycles. The monoisotopic (exact) mass is 178 g/mol. The van der Waals surface area contributed by atoms with Crippen molar-refractivity contribution in [2.45, 2.75) is 6.29 Å². The molecule has 1 heterocycles. The van der Waals surface area contributed by atoms with E-state index in [4.69, 9.17) is 19.3 Å². The minimum absolute atomic E-state index is 0.207. The first kappa shape index (κ1) is 9.88. The van der Waals surface area contributed by atoms with Gasteiger partial charge in [0.05, 0.1) is 25.2 Å². The second kappa shape index (κ2) is 4.15. The molecule has 0 aromatic heterocycles. The quantitative estimate of drug-likeness (QED) is 0.539. The van der Waals surface area contributed by atoms with Crippen LogP contribution in [0.4, 0.5) is 0 Å².